The minimum atomic E-state index is 0.423. The molecule has 0 aromatic carbocycles. The molecule has 0 unspecified atom stereocenters. The lowest BCUT2D eigenvalue weighted by Crippen LogP contribution is -2.08. The first-order valence-corrected chi connectivity index (χ1v) is 7.17. The minimum Gasteiger partial charge on any atom is -0.377 e. The van der Waals surface area contributed by atoms with E-state index in [-0.39, 0.29) is 0 Å². The molecule has 2 aromatic rings. The maximum atomic E-state index is 5.11. The number of methoxy groups -OCH3 is 1. The lowest BCUT2D eigenvalue weighted by Gasteiger charge is -2.08. The van der Waals surface area contributed by atoms with Crippen molar-refractivity contribution in [3.05, 3.63) is 34.2 Å². The summed E-state index contributed by atoms with van der Waals surface area (Å²) in [6.45, 7) is 3.45. The van der Waals surface area contributed by atoms with Gasteiger partial charge >= 0.3 is 0 Å². The SMILES string of the molecule is CCCNc1cc(Cc2nccs2)nc(COC)n1. The average Bonchev–Trinajstić information content (AvgIpc) is 2.89. The van der Waals surface area contributed by atoms with E-state index in [0.29, 0.717) is 12.4 Å². The number of rotatable bonds is 7. The molecule has 2 aromatic heterocycles. The summed E-state index contributed by atoms with van der Waals surface area (Å²) in [5.41, 5.74) is 0.968. The summed E-state index contributed by atoms with van der Waals surface area (Å²) in [5, 5.41) is 6.32. The summed E-state index contributed by atoms with van der Waals surface area (Å²) in [6.07, 6.45) is 3.61. The first kappa shape index (κ1) is 13.9. The Bertz CT molecular complexity index is 501. The van der Waals surface area contributed by atoms with Gasteiger partial charge in [-0.15, -0.1) is 11.3 Å². The highest BCUT2D eigenvalue weighted by molar-refractivity contribution is 7.09. The Labute approximate surface area is 117 Å². The molecule has 6 heteroatoms. The van der Waals surface area contributed by atoms with E-state index < -0.39 is 0 Å². The fraction of sp³-hybridized carbons (Fsp3) is 0.462. The van der Waals surface area contributed by atoms with Gasteiger partial charge in [0.1, 0.15) is 12.4 Å². The third-order valence-corrected chi connectivity index (χ3v) is 3.25. The fourth-order valence-electron chi connectivity index (χ4n) is 1.68. The molecule has 0 aliphatic rings. The van der Waals surface area contributed by atoms with E-state index >= 15 is 0 Å². The predicted molar refractivity (Wildman–Crippen MR) is 76.4 cm³/mol. The molecular weight excluding hydrogens is 260 g/mol. The summed E-state index contributed by atoms with van der Waals surface area (Å²) < 4.78 is 5.11. The van der Waals surface area contributed by atoms with Crippen molar-refractivity contribution in [3.63, 3.8) is 0 Å². The number of ether oxygens (including phenoxy) is 1. The molecule has 0 saturated carbocycles. The lowest BCUT2D eigenvalue weighted by atomic mass is 10.3. The van der Waals surface area contributed by atoms with Gasteiger partial charge in [0, 0.05) is 37.7 Å². The molecule has 0 amide bonds. The summed E-state index contributed by atoms with van der Waals surface area (Å²) in [4.78, 5) is 13.2. The summed E-state index contributed by atoms with van der Waals surface area (Å²) in [6, 6.07) is 1.98. The smallest absolute Gasteiger partial charge is 0.156 e. The molecule has 0 aliphatic carbocycles. The van der Waals surface area contributed by atoms with Gasteiger partial charge in [-0.05, 0) is 6.42 Å². The predicted octanol–water partition coefficient (Wildman–Crippen LogP) is 2.49. The molecule has 0 aliphatic heterocycles. The van der Waals surface area contributed by atoms with Gasteiger partial charge in [0.25, 0.3) is 0 Å². The third-order valence-electron chi connectivity index (χ3n) is 2.47. The number of nitrogens with zero attached hydrogens (tertiary/aromatic N) is 3. The van der Waals surface area contributed by atoms with Gasteiger partial charge in [-0.1, -0.05) is 6.92 Å². The van der Waals surface area contributed by atoms with Crippen molar-refractivity contribution >= 4 is 17.2 Å². The number of hydrogen-bond acceptors (Lipinski definition) is 6. The zero-order chi connectivity index (χ0) is 13.5. The molecule has 0 atom stereocenters. The van der Waals surface area contributed by atoms with Crippen LogP contribution in [0.25, 0.3) is 0 Å². The van der Waals surface area contributed by atoms with Crippen LogP contribution in [0, 0.1) is 0 Å². The lowest BCUT2D eigenvalue weighted by molar-refractivity contribution is 0.177. The first-order chi connectivity index (χ1) is 9.31. The Morgan fingerprint density at radius 3 is 2.95 bits per heavy atom. The van der Waals surface area contributed by atoms with E-state index in [1.165, 1.54) is 0 Å². The molecule has 0 saturated heterocycles. The maximum absolute atomic E-state index is 5.11. The van der Waals surface area contributed by atoms with E-state index in [2.05, 4.69) is 27.2 Å². The van der Waals surface area contributed by atoms with Crippen molar-refractivity contribution in [2.24, 2.45) is 0 Å². The Kier molecular flexibility index (Phi) is 5.23. The molecular formula is C13H18N4OS. The normalized spacial score (nSPS) is 10.6. The molecule has 5 nitrogen and oxygen atoms in total. The van der Waals surface area contributed by atoms with Gasteiger partial charge in [-0.25, -0.2) is 15.0 Å². The number of anilines is 1. The average molecular weight is 278 g/mol. The van der Waals surface area contributed by atoms with E-state index in [9.17, 15) is 0 Å². The second-order valence-electron chi connectivity index (χ2n) is 4.12. The fourth-order valence-corrected chi connectivity index (χ4v) is 2.31. The number of hydrogen-bond donors (Lipinski definition) is 1. The Hall–Kier alpha value is -1.53. The van der Waals surface area contributed by atoms with Gasteiger partial charge in [0.2, 0.25) is 0 Å². The van der Waals surface area contributed by atoms with Crippen LogP contribution in [-0.4, -0.2) is 28.6 Å². The maximum Gasteiger partial charge on any atom is 0.156 e. The van der Waals surface area contributed by atoms with E-state index in [1.807, 2.05) is 17.6 Å². The van der Waals surface area contributed by atoms with Crippen LogP contribution >= 0.6 is 11.3 Å². The van der Waals surface area contributed by atoms with Crippen LogP contribution in [0.2, 0.25) is 0 Å². The van der Waals surface area contributed by atoms with Crippen LogP contribution in [0.15, 0.2) is 17.6 Å². The molecule has 0 spiro atoms. The van der Waals surface area contributed by atoms with Gasteiger partial charge in [-0.3, -0.25) is 0 Å². The monoisotopic (exact) mass is 278 g/mol. The van der Waals surface area contributed by atoms with Crippen molar-refractivity contribution in [2.45, 2.75) is 26.4 Å². The minimum absolute atomic E-state index is 0.423. The molecule has 2 heterocycles. The van der Waals surface area contributed by atoms with Crippen molar-refractivity contribution < 1.29 is 4.74 Å². The summed E-state index contributed by atoms with van der Waals surface area (Å²) in [5.74, 6) is 1.56. The molecule has 0 radical (unpaired) electrons. The molecule has 102 valence electrons. The van der Waals surface area contributed by atoms with Crippen LogP contribution in [0.5, 0.6) is 0 Å². The second kappa shape index (κ2) is 7.16. The Balaban J connectivity index is 2.17. The quantitative estimate of drug-likeness (QED) is 0.843. The molecule has 19 heavy (non-hydrogen) atoms. The zero-order valence-electron chi connectivity index (χ0n) is 11.2. The number of nitrogens with one attached hydrogen (secondary N) is 1. The number of aromatic nitrogens is 3. The van der Waals surface area contributed by atoms with E-state index in [4.69, 9.17) is 4.74 Å². The third kappa shape index (κ3) is 4.25. The van der Waals surface area contributed by atoms with Gasteiger partial charge in [0.05, 0.1) is 10.7 Å². The van der Waals surface area contributed by atoms with Crippen molar-refractivity contribution in [2.75, 3.05) is 19.0 Å². The molecule has 0 fully saturated rings. The van der Waals surface area contributed by atoms with E-state index in [0.717, 1.165) is 35.9 Å². The second-order valence-corrected chi connectivity index (χ2v) is 5.10. The van der Waals surface area contributed by atoms with Crippen molar-refractivity contribution in [1.82, 2.24) is 15.0 Å². The van der Waals surface area contributed by atoms with Gasteiger partial charge < -0.3 is 10.1 Å². The highest BCUT2D eigenvalue weighted by Crippen LogP contribution is 2.14. The summed E-state index contributed by atoms with van der Waals surface area (Å²) in [7, 11) is 1.65. The van der Waals surface area contributed by atoms with Gasteiger partial charge in [-0.2, -0.15) is 0 Å². The highest BCUT2D eigenvalue weighted by Gasteiger charge is 2.06. The molecule has 0 bridgehead atoms. The van der Waals surface area contributed by atoms with Crippen LogP contribution in [-0.2, 0) is 17.8 Å². The van der Waals surface area contributed by atoms with Gasteiger partial charge in [0.15, 0.2) is 5.82 Å². The van der Waals surface area contributed by atoms with Crippen LogP contribution in [0.1, 0.15) is 29.9 Å². The van der Waals surface area contributed by atoms with Crippen LogP contribution in [0.3, 0.4) is 0 Å². The van der Waals surface area contributed by atoms with Crippen LogP contribution < -0.4 is 5.32 Å². The van der Waals surface area contributed by atoms with Crippen molar-refractivity contribution in [1.29, 1.82) is 0 Å². The van der Waals surface area contributed by atoms with Crippen molar-refractivity contribution in [3.8, 4) is 0 Å². The standard InChI is InChI=1S/C13H18N4OS/c1-3-4-14-11-7-10(8-13-15-5-6-19-13)16-12(17-11)9-18-2/h5-7H,3-4,8-9H2,1-2H3,(H,14,16,17). The van der Waals surface area contributed by atoms with Crippen LogP contribution in [0.4, 0.5) is 5.82 Å². The first-order valence-electron chi connectivity index (χ1n) is 6.29. The highest BCUT2D eigenvalue weighted by atomic mass is 32.1. The van der Waals surface area contributed by atoms with E-state index in [1.54, 1.807) is 18.4 Å². The Morgan fingerprint density at radius 1 is 1.37 bits per heavy atom. The topological polar surface area (TPSA) is 59.9 Å². The number of thiazole rings is 1. The largest absolute Gasteiger partial charge is 0.377 e. The Morgan fingerprint density at radius 2 is 2.26 bits per heavy atom. The zero-order valence-corrected chi connectivity index (χ0v) is 12.0. The molecule has 2 rings (SSSR count). The summed E-state index contributed by atoms with van der Waals surface area (Å²) >= 11 is 1.64. The molecule has 1 N–H and O–H groups in total.